The maximum absolute atomic E-state index is 3.63. The topological polar surface area (TPSA) is 15.3 Å². The van der Waals surface area contributed by atoms with Crippen molar-refractivity contribution in [1.29, 1.82) is 0 Å². The SMILES string of the molecule is CCCC(C)N1CCC2(CCN2)CC1. The molecule has 14 heavy (non-hydrogen) atoms. The van der Waals surface area contributed by atoms with E-state index >= 15 is 0 Å². The zero-order valence-electron chi connectivity index (χ0n) is 9.68. The first-order valence-electron chi connectivity index (χ1n) is 6.25. The summed E-state index contributed by atoms with van der Waals surface area (Å²) in [6.45, 7) is 8.55. The molecular formula is C12H24N2. The zero-order chi connectivity index (χ0) is 10.0. The first-order chi connectivity index (χ1) is 6.76. The Hall–Kier alpha value is -0.0800. The van der Waals surface area contributed by atoms with Gasteiger partial charge in [-0.1, -0.05) is 13.3 Å². The minimum absolute atomic E-state index is 0.572. The number of rotatable bonds is 3. The lowest BCUT2D eigenvalue weighted by atomic mass is 9.78. The van der Waals surface area contributed by atoms with Gasteiger partial charge < -0.3 is 10.2 Å². The summed E-state index contributed by atoms with van der Waals surface area (Å²) in [4.78, 5) is 2.68. The molecule has 0 aromatic carbocycles. The fraction of sp³-hybridized carbons (Fsp3) is 1.00. The fourth-order valence-corrected chi connectivity index (χ4v) is 2.90. The third-order valence-electron chi connectivity index (χ3n) is 4.19. The summed E-state index contributed by atoms with van der Waals surface area (Å²) < 4.78 is 0. The van der Waals surface area contributed by atoms with Crippen LogP contribution < -0.4 is 5.32 Å². The van der Waals surface area contributed by atoms with Crippen LogP contribution in [0, 0.1) is 0 Å². The van der Waals surface area contributed by atoms with Gasteiger partial charge in [-0.2, -0.15) is 0 Å². The van der Waals surface area contributed by atoms with Gasteiger partial charge in [-0.25, -0.2) is 0 Å². The van der Waals surface area contributed by atoms with E-state index in [0.29, 0.717) is 5.54 Å². The predicted molar refractivity (Wildman–Crippen MR) is 60.5 cm³/mol. The lowest BCUT2D eigenvalue weighted by Crippen LogP contribution is -2.62. The van der Waals surface area contributed by atoms with E-state index in [9.17, 15) is 0 Å². The van der Waals surface area contributed by atoms with Crippen LogP contribution >= 0.6 is 0 Å². The van der Waals surface area contributed by atoms with Crippen molar-refractivity contribution in [3.8, 4) is 0 Å². The number of piperidine rings is 1. The molecule has 0 aromatic rings. The van der Waals surface area contributed by atoms with Gasteiger partial charge in [-0.15, -0.1) is 0 Å². The number of nitrogens with one attached hydrogen (secondary N) is 1. The molecule has 0 saturated carbocycles. The molecule has 1 spiro atoms. The average molecular weight is 196 g/mol. The predicted octanol–water partition coefficient (Wildman–Crippen LogP) is 2.00. The molecule has 82 valence electrons. The molecule has 0 bridgehead atoms. The van der Waals surface area contributed by atoms with Gasteiger partial charge in [0.05, 0.1) is 0 Å². The van der Waals surface area contributed by atoms with Crippen molar-refractivity contribution in [3.63, 3.8) is 0 Å². The molecule has 2 heteroatoms. The quantitative estimate of drug-likeness (QED) is 0.743. The lowest BCUT2D eigenvalue weighted by Gasteiger charge is -2.50. The van der Waals surface area contributed by atoms with Gasteiger partial charge in [0.15, 0.2) is 0 Å². The van der Waals surface area contributed by atoms with Gasteiger partial charge in [0.2, 0.25) is 0 Å². The van der Waals surface area contributed by atoms with Crippen molar-refractivity contribution in [2.75, 3.05) is 19.6 Å². The van der Waals surface area contributed by atoms with E-state index in [1.807, 2.05) is 0 Å². The normalized spacial score (nSPS) is 28.7. The van der Waals surface area contributed by atoms with E-state index in [0.717, 1.165) is 6.04 Å². The van der Waals surface area contributed by atoms with Crippen LogP contribution in [-0.4, -0.2) is 36.1 Å². The van der Waals surface area contributed by atoms with Crippen LogP contribution in [0.2, 0.25) is 0 Å². The standard InChI is InChI=1S/C12H24N2/c1-3-4-11(2)14-9-6-12(7-10-14)5-8-13-12/h11,13H,3-10H2,1-2H3. The van der Waals surface area contributed by atoms with Crippen molar-refractivity contribution in [3.05, 3.63) is 0 Å². The maximum atomic E-state index is 3.63. The molecule has 1 N–H and O–H groups in total. The Morgan fingerprint density at radius 2 is 1.93 bits per heavy atom. The Balaban J connectivity index is 1.77. The highest BCUT2D eigenvalue weighted by Crippen LogP contribution is 2.31. The second-order valence-corrected chi connectivity index (χ2v) is 5.13. The minimum Gasteiger partial charge on any atom is -0.311 e. The highest BCUT2D eigenvalue weighted by atomic mass is 15.2. The van der Waals surface area contributed by atoms with Crippen LogP contribution in [0.5, 0.6) is 0 Å². The van der Waals surface area contributed by atoms with Crippen LogP contribution in [0.3, 0.4) is 0 Å². The van der Waals surface area contributed by atoms with Crippen molar-refractivity contribution >= 4 is 0 Å². The second-order valence-electron chi connectivity index (χ2n) is 5.13. The van der Waals surface area contributed by atoms with Gasteiger partial charge in [-0.3, -0.25) is 0 Å². The summed E-state index contributed by atoms with van der Waals surface area (Å²) >= 11 is 0. The molecule has 2 aliphatic rings. The van der Waals surface area contributed by atoms with Crippen LogP contribution in [0.15, 0.2) is 0 Å². The van der Waals surface area contributed by atoms with E-state index in [-0.39, 0.29) is 0 Å². The summed E-state index contributed by atoms with van der Waals surface area (Å²) in [5.74, 6) is 0. The third-order valence-corrected chi connectivity index (χ3v) is 4.19. The molecule has 2 rings (SSSR count). The highest BCUT2D eigenvalue weighted by molar-refractivity contribution is 5.00. The van der Waals surface area contributed by atoms with E-state index in [1.165, 1.54) is 51.7 Å². The Labute approximate surface area is 88.1 Å². The van der Waals surface area contributed by atoms with Crippen LogP contribution in [0.4, 0.5) is 0 Å². The fourth-order valence-electron chi connectivity index (χ4n) is 2.90. The molecule has 1 atom stereocenters. The van der Waals surface area contributed by atoms with Crippen molar-refractivity contribution in [1.82, 2.24) is 10.2 Å². The highest BCUT2D eigenvalue weighted by Gasteiger charge is 2.39. The summed E-state index contributed by atoms with van der Waals surface area (Å²) in [7, 11) is 0. The molecular weight excluding hydrogens is 172 g/mol. The molecule has 0 radical (unpaired) electrons. The Bertz CT molecular complexity index is 177. The van der Waals surface area contributed by atoms with Gasteiger partial charge in [0.25, 0.3) is 0 Å². The zero-order valence-corrected chi connectivity index (χ0v) is 9.68. The van der Waals surface area contributed by atoms with E-state index in [2.05, 4.69) is 24.1 Å². The first-order valence-corrected chi connectivity index (χ1v) is 6.25. The Morgan fingerprint density at radius 1 is 1.29 bits per heavy atom. The molecule has 0 aliphatic carbocycles. The smallest absolute Gasteiger partial charge is 0.0217 e. The van der Waals surface area contributed by atoms with Crippen molar-refractivity contribution in [2.45, 2.75) is 57.5 Å². The largest absolute Gasteiger partial charge is 0.311 e. The third kappa shape index (κ3) is 1.96. The van der Waals surface area contributed by atoms with E-state index in [1.54, 1.807) is 0 Å². The second kappa shape index (κ2) is 4.19. The summed E-state index contributed by atoms with van der Waals surface area (Å²) in [6.07, 6.45) is 6.85. The first kappa shape index (κ1) is 10.4. The number of hydrogen-bond donors (Lipinski definition) is 1. The molecule has 2 saturated heterocycles. The Kier molecular flexibility index (Phi) is 3.13. The summed E-state index contributed by atoms with van der Waals surface area (Å²) in [6, 6.07) is 0.803. The summed E-state index contributed by atoms with van der Waals surface area (Å²) in [5.41, 5.74) is 0.572. The molecule has 2 aliphatic heterocycles. The number of hydrogen-bond acceptors (Lipinski definition) is 2. The van der Waals surface area contributed by atoms with Crippen LogP contribution in [-0.2, 0) is 0 Å². The number of nitrogens with zero attached hydrogens (tertiary/aromatic N) is 1. The molecule has 2 fully saturated rings. The molecule has 2 heterocycles. The molecule has 1 unspecified atom stereocenters. The minimum atomic E-state index is 0.572. The van der Waals surface area contributed by atoms with Gasteiger partial charge >= 0.3 is 0 Å². The number of likely N-dealkylation sites (tertiary alicyclic amines) is 1. The van der Waals surface area contributed by atoms with Crippen molar-refractivity contribution < 1.29 is 0 Å². The lowest BCUT2D eigenvalue weighted by molar-refractivity contribution is 0.0624. The molecule has 2 nitrogen and oxygen atoms in total. The van der Waals surface area contributed by atoms with Crippen LogP contribution in [0.25, 0.3) is 0 Å². The summed E-state index contributed by atoms with van der Waals surface area (Å²) in [5, 5.41) is 3.63. The molecule has 0 amide bonds. The average Bonchev–Trinajstić information content (AvgIpc) is 2.16. The van der Waals surface area contributed by atoms with E-state index < -0.39 is 0 Å². The van der Waals surface area contributed by atoms with Crippen molar-refractivity contribution in [2.24, 2.45) is 0 Å². The Morgan fingerprint density at radius 3 is 2.36 bits per heavy atom. The maximum Gasteiger partial charge on any atom is 0.0217 e. The van der Waals surface area contributed by atoms with Gasteiger partial charge in [0, 0.05) is 24.7 Å². The van der Waals surface area contributed by atoms with E-state index in [4.69, 9.17) is 0 Å². The van der Waals surface area contributed by atoms with Gasteiger partial charge in [-0.05, 0) is 39.2 Å². The monoisotopic (exact) mass is 196 g/mol. The van der Waals surface area contributed by atoms with Gasteiger partial charge in [0.1, 0.15) is 0 Å². The van der Waals surface area contributed by atoms with Crippen LogP contribution in [0.1, 0.15) is 46.0 Å². The molecule has 0 aromatic heterocycles.